The van der Waals surface area contributed by atoms with E-state index in [0.29, 0.717) is 0 Å². The van der Waals surface area contributed by atoms with E-state index in [4.69, 9.17) is 11.6 Å². The minimum Gasteiger partial charge on any atom is -0.303 e. The molecule has 0 spiro atoms. The van der Waals surface area contributed by atoms with Crippen molar-refractivity contribution in [3.8, 4) is 0 Å². The Morgan fingerprint density at radius 2 is 2.29 bits per heavy atom. The maximum Gasteiger partial charge on any atom is 0.0251 e. The number of likely N-dealkylation sites (tertiary alicyclic amines) is 1. The molecule has 0 amide bonds. The first-order chi connectivity index (χ1) is 6.77. The molecule has 1 aliphatic heterocycles. The Bertz CT molecular complexity index is 145. The van der Waals surface area contributed by atoms with Crippen molar-refractivity contribution < 1.29 is 0 Å². The third kappa shape index (κ3) is 3.78. The molecule has 1 nitrogen and oxygen atoms in total. The highest BCUT2D eigenvalue weighted by Gasteiger charge is 2.20. The van der Waals surface area contributed by atoms with E-state index in [-0.39, 0.29) is 0 Å². The van der Waals surface area contributed by atoms with Crippen molar-refractivity contribution in [1.82, 2.24) is 4.90 Å². The zero-order chi connectivity index (χ0) is 10.4. The molecule has 1 aliphatic rings. The summed E-state index contributed by atoms with van der Waals surface area (Å²) in [4.78, 5) is 2.52. The third-order valence-electron chi connectivity index (χ3n) is 3.62. The summed E-state index contributed by atoms with van der Waals surface area (Å²) in [5, 5.41) is 0. The highest BCUT2D eigenvalue weighted by atomic mass is 35.5. The van der Waals surface area contributed by atoms with Gasteiger partial charge in [-0.2, -0.15) is 0 Å². The van der Waals surface area contributed by atoms with Gasteiger partial charge in [-0.25, -0.2) is 0 Å². The van der Waals surface area contributed by atoms with Crippen molar-refractivity contribution in [3.63, 3.8) is 0 Å². The third-order valence-corrected chi connectivity index (χ3v) is 4.05. The average Bonchev–Trinajstić information content (AvgIpc) is 2.59. The molecule has 14 heavy (non-hydrogen) atoms. The lowest BCUT2D eigenvalue weighted by Gasteiger charge is -2.20. The van der Waals surface area contributed by atoms with Crippen LogP contribution in [0.1, 0.15) is 45.4 Å². The molecule has 1 heterocycles. The molecule has 2 heteroatoms. The number of hydrogen-bond acceptors (Lipinski definition) is 1. The van der Waals surface area contributed by atoms with Gasteiger partial charge >= 0.3 is 0 Å². The van der Waals surface area contributed by atoms with Gasteiger partial charge in [0.1, 0.15) is 0 Å². The summed E-state index contributed by atoms with van der Waals surface area (Å²) < 4.78 is 0. The van der Waals surface area contributed by atoms with Crippen molar-refractivity contribution in [2.45, 2.75) is 51.5 Å². The molecule has 2 unspecified atom stereocenters. The van der Waals surface area contributed by atoms with E-state index < -0.39 is 0 Å². The van der Waals surface area contributed by atoms with Gasteiger partial charge in [-0.3, -0.25) is 0 Å². The molecular formula is C12H24ClN. The van der Waals surface area contributed by atoms with Crippen molar-refractivity contribution in [1.29, 1.82) is 0 Å². The lowest BCUT2D eigenvalue weighted by molar-refractivity contribution is 0.285. The highest BCUT2D eigenvalue weighted by Crippen LogP contribution is 2.22. The SMILES string of the molecule is CCC(CCl)CCCC1CCCN1C. The Hall–Kier alpha value is 0.250. The van der Waals surface area contributed by atoms with E-state index in [9.17, 15) is 0 Å². The number of halogens is 1. The van der Waals surface area contributed by atoms with Crippen LogP contribution in [0, 0.1) is 5.92 Å². The monoisotopic (exact) mass is 217 g/mol. The van der Waals surface area contributed by atoms with Crippen LogP contribution < -0.4 is 0 Å². The molecule has 1 rings (SSSR count). The predicted octanol–water partition coefficient (Wildman–Crippen LogP) is 3.52. The van der Waals surface area contributed by atoms with E-state index in [1.165, 1.54) is 45.1 Å². The first-order valence-electron chi connectivity index (χ1n) is 6.04. The smallest absolute Gasteiger partial charge is 0.0251 e. The molecule has 0 aromatic heterocycles. The fourth-order valence-electron chi connectivity index (χ4n) is 2.38. The van der Waals surface area contributed by atoms with Crippen LogP contribution in [-0.4, -0.2) is 30.4 Å². The normalized spacial score (nSPS) is 25.5. The van der Waals surface area contributed by atoms with Gasteiger partial charge in [0.05, 0.1) is 0 Å². The molecule has 0 aromatic rings. The molecule has 0 N–H and O–H groups in total. The lowest BCUT2D eigenvalue weighted by atomic mass is 9.98. The Balaban J connectivity index is 2.08. The maximum absolute atomic E-state index is 5.88. The van der Waals surface area contributed by atoms with E-state index in [2.05, 4.69) is 18.9 Å². The van der Waals surface area contributed by atoms with Gasteiger partial charge in [-0.15, -0.1) is 11.6 Å². The van der Waals surface area contributed by atoms with Crippen LogP contribution in [0.15, 0.2) is 0 Å². The molecule has 0 saturated carbocycles. The van der Waals surface area contributed by atoms with E-state index >= 15 is 0 Å². The van der Waals surface area contributed by atoms with Crippen LogP contribution in [-0.2, 0) is 0 Å². The Morgan fingerprint density at radius 1 is 1.50 bits per heavy atom. The van der Waals surface area contributed by atoms with Crippen LogP contribution in [0.2, 0.25) is 0 Å². The molecule has 1 saturated heterocycles. The van der Waals surface area contributed by atoms with Gasteiger partial charge in [-0.1, -0.05) is 19.8 Å². The molecule has 0 aromatic carbocycles. The van der Waals surface area contributed by atoms with Gasteiger partial charge in [-0.05, 0) is 45.2 Å². The number of alkyl halides is 1. The van der Waals surface area contributed by atoms with Crippen LogP contribution in [0.3, 0.4) is 0 Å². The first kappa shape index (κ1) is 12.3. The molecule has 0 bridgehead atoms. The summed E-state index contributed by atoms with van der Waals surface area (Å²) in [5.41, 5.74) is 0. The second kappa shape index (κ2) is 6.68. The van der Waals surface area contributed by atoms with Crippen LogP contribution in [0.25, 0.3) is 0 Å². The fraction of sp³-hybridized carbons (Fsp3) is 1.00. The van der Waals surface area contributed by atoms with Gasteiger partial charge in [0.15, 0.2) is 0 Å². The van der Waals surface area contributed by atoms with E-state index in [0.717, 1.165) is 17.8 Å². The molecule has 1 fully saturated rings. The summed E-state index contributed by atoms with van der Waals surface area (Å²) in [6.07, 6.45) is 8.11. The van der Waals surface area contributed by atoms with E-state index in [1.54, 1.807) is 0 Å². The van der Waals surface area contributed by atoms with Gasteiger partial charge in [0.2, 0.25) is 0 Å². The molecular weight excluding hydrogens is 194 g/mol. The number of nitrogens with zero attached hydrogens (tertiary/aromatic N) is 1. The summed E-state index contributed by atoms with van der Waals surface area (Å²) in [6, 6.07) is 0.864. The van der Waals surface area contributed by atoms with Crippen molar-refractivity contribution >= 4 is 11.6 Å². The van der Waals surface area contributed by atoms with Crippen LogP contribution >= 0.6 is 11.6 Å². The molecule has 2 atom stereocenters. The summed E-state index contributed by atoms with van der Waals surface area (Å²) in [6.45, 7) is 3.55. The van der Waals surface area contributed by atoms with Gasteiger partial charge in [0.25, 0.3) is 0 Å². The van der Waals surface area contributed by atoms with Gasteiger partial charge in [0, 0.05) is 11.9 Å². The van der Waals surface area contributed by atoms with Gasteiger partial charge < -0.3 is 4.90 Å². The van der Waals surface area contributed by atoms with Crippen molar-refractivity contribution in [2.24, 2.45) is 5.92 Å². The predicted molar refractivity (Wildman–Crippen MR) is 64.0 cm³/mol. The zero-order valence-electron chi connectivity index (χ0n) is 9.64. The largest absolute Gasteiger partial charge is 0.303 e. The minimum atomic E-state index is 0.753. The molecule has 84 valence electrons. The maximum atomic E-state index is 5.88. The molecule has 0 aliphatic carbocycles. The van der Waals surface area contributed by atoms with Crippen molar-refractivity contribution in [2.75, 3.05) is 19.5 Å². The second-order valence-corrected chi connectivity index (χ2v) is 4.94. The Kier molecular flexibility index (Phi) is 5.88. The minimum absolute atomic E-state index is 0.753. The summed E-state index contributed by atoms with van der Waals surface area (Å²) in [5.74, 6) is 1.60. The van der Waals surface area contributed by atoms with Crippen LogP contribution in [0.4, 0.5) is 0 Å². The van der Waals surface area contributed by atoms with E-state index in [1.807, 2.05) is 0 Å². The van der Waals surface area contributed by atoms with Crippen LogP contribution in [0.5, 0.6) is 0 Å². The zero-order valence-corrected chi connectivity index (χ0v) is 10.4. The quantitative estimate of drug-likeness (QED) is 0.616. The summed E-state index contributed by atoms with van der Waals surface area (Å²) >= 11 is 5.88. The number of hydrogen-bond donors (Lipinski definition) is 0. The average molecular weight is 218 g/mol. The standard InChI is InChI=1S/C12H24ClN/c1-3-11(10-13)6-4-7-12-8-5-9-14(12)2/h11-12H,3-10H2,1-2H3. The first-order valence-corrected chi connectivity index (χ1v) is 6.57. The fourth-order valence-corrected chi connectivity index (χ4v) is 2.75. The second-order valence-electron chi connectivity index (χ2n) is 4.64. The topological polar surface area (TPSA) is 3.24 Å². The Labute approximate surface area is 93.8 Å². The lowest BCUT2D eigenvalue weighted by Crippen LogP contribution is -2.24. The molecule has 0 radical (unpaired) electrons. The number of rotatable bonds is 6. The van der Waals surface area contributed by atoms with Crippen molar-refractivity contribution in [3.05, 3.63) is 0 Å². The highest BCUT2D eigenvalue weighted by molar-refractivity contribution is 6.18. The summed E-state index contributed by atoms with van der Waals surface area (Å²) in [7, 11) is 2.26. The Morgan fingerprint density at radius 3 is 2.79 bits per heavy atom.